The second-order valence-electron chi connectivity index (χ2n) is 11.1. The molecule has 0 saturated carbocycles. The summed E-state index contributed by atoms with van der Waals surface area (Å²) in [6.07, 6.45) is -0.888. The summed E-state index contributed by atoms with van der Waals surface area (Å²) in [5.74, 6) is -1.08. The molecule has 12 heteroatoms. The van der Waals surface area contributed by atoms with Crippen LogP contribution >= 0.6 is 0 Å². The van der Waals surface area contributed by atoms with Gasteiger partial charge in [0, 0.05) is 44.8 Å². The molecule has 1 fully saturated rings. The zero-order chi connectivity index (χ0) is 31.6. The van der Waals surface area contributed by atoms with Gasteiger partial charge in [-0.15, -0.1) is 0 Å². The van der Waals surface area contributed by atoms with E-state index in [1.54, 1.807) is 38.7 Å². The van der Waals surface area contributed by atoms with Gasteiger partial charge in [0.05, 0.1) is 18.4 Å². The Morgan fingerprint density at radius 3 is 2.21 bits per heavy atom. The Hall–Kier alpha value is -4.06. The molecule has 2 unspecified atom stereocenters. The zero-order valence-corrected chi connectivity index (χ0v) is 25.9. The number of carbonyl (C=O) groups excluding carboxylic acids is 4. The van der Waals surface area contributed by atoms with E-state index in [9.17, 15) is 19.2 Å². The van der Waals surface area contributed by atoms with Gasteiger partial charge in [-0.25, -0.2) is 14.8 Å². The van der Waals surface area contributed by atoms with Crippen LogP contribution in [0.5, 0.6) is 0 Å². The first-order valence-corrected chi connectivity index (χ1v) is 14.7. The van der Waals surface area contributed by atoms with Gasteiger partial charge in [0.2, 0.25) is 5.91 Å². The molecule has 2 heterocycles. The molecule has 0 spiro atoms. The first kappa shape index (κ1) is 33.4. The lowest BCUT2D eigenvalue weighted by Gasteiger charge is -2.36. The van der Waals surface area contributed by atoms with Crippen molar-refractivity contribution >= 4 is 23.9 Å². The molecule has 1 N–H and O–H groups in total. The van der Waals surface area contributed by atoms with Gasteiger partial charge in [-0.3, -0.25) is 14.4 Å². The van der Waals surface area contributed by atoms with Crippen LogP contribution in [-0.4, -0.2) is 94.7 Å². The quantitative estimate of drug-likeness (QED) is 0.383. The Balaban J connectivity index is 1.85. The fourth-order valence-corrected chi connectivity index (χ4v) is 4.53. The molecule has 2 aromatic rings. The van der Waals surface area contributed by atoms with Crippen LogP contribution in [-0.2, 0) is 23.8 Å². The van der Waals surface area contributed by atoms with Crippen molar-refractivity contribution in [3.8, 4) is 11.4 Å². The molecule has 3 rings (SSSR count). The molecule has 2 atom stereocenters. The Bertz CT molecular complexity index is 1260. The molecule has 234 valence electrons. The minimum absolute atomic E-state index is 0.0242. The number of piperazine rings is 1. The number of carbonyl (C=O) groups is 4. The topological polar surface area (TPSA) is 140 Å². The van der Waals surface area contributed by atoms with Crippen LogP contribution in [0.15, 0.2) is 36.4 Å². The van der Waals surface area contributed by atoms with Crippen LogP contribution in [0.4, 0.5) is 4.79 Å². The third-order valence-electron chi connectivity index (χ3n) is 6.62. The molecule has 43 heavy (non-hydrogen) atoms. The predicted octanol–water partition coefficient (Wildman–Crippen LogP) is 3.76. The molecular formula is C31H43N5O7. The lowest BCUT2D eigenvalue weighted by Crippen LogP contribution is -2.56. The van der Waals surface area contributed by atoms with E-state index in [-0.39, 0.29) is 44.1 Å². The molecule has 1 aromatic heterocycles. The van der Waals surface area contributed by atoms with Crippen molar-refractivity contribution in [2.75, 3.05) is 39.4 Å². The summed E-state index contributed by atoms with van der Waals surface area (Å²) in [6, 6.07) is 9.78. The summed E-state index contributed by atoms with van der Waals surface area (Å²) in [6.45, 7) is 12.6. The van der Waals surface area contributed by atoms with Crippen LogP contribution in [0.2, 0.25) is 0 Å². The van der Waals surface area contributed by atoms with Gasteiger partial charge >= 0.3 is 12.1 Å². The maximum atomic E-state index is 13.7. The Kier molecular flexibility index (Phi) is 12.0. The van der Waals surface area contributed by atoms with Gasteiger partial charge in [-0.1, -0.05) is 30.3 Å². The first-order chi connectivity index (χ1) is 20.4. The van der Waals surface area contributed by atoms with Gasteiger partial charge in [0.25, 0.3) is 5.91 Å². The number of amides is 3. The fourth-order valence-electron chi connectivity index (χ4n) is 4.53. The van der Waals surface area contributed by atoms with Crippen LogP contribution in [0.1, 0.15) is 76.7 Å². The van der Waals surface area contributed by atoms with Crippen LogP contribution in [0.3, 0.4) is 0 Å². The number of rotatable bonds is 11. The van der Waals surface area contributed by atoms with Crippen LogP contribution < -0.4 is 5.32 Å². The van der Waals surface area contributed by atoms with Crippen molar-refractivity contribution < 1.29 is 33.4 Å². The van der Waals surface area contributed by atoms with Crippen LogP contribution in [0, 0.1) is 0 Å². The van der Waals surface area contributed by atoms with Gasteiger partial charge in [0.1, 0.15) is 17.3 Å². The zero-order valence-electron chi connectivity index (χ0n) is 25.9. The number of nitrogens with one attached hydrogen (secondary N) is 1. The molecule has 0 bridgehead atoms. The molecular weight excluding hydrogens is 554 g/mol. The fraction of sp³-hybridized carbons (Fsp3) is 0.548. The number of ether oxygens (including phenoxy) is 3. The van der Waals surface area contributed by atoms with Crippen molar-refractivity contribution in [2.24, 2.45) is 0 Å². The summed E-state index contributed by atoms with van der Waals surface area (Å²) < 4.78 is 16.2. The van der Waals surface area contributed by atoms with E-state index in [4.69, 9.17) is 14.2 Å². The molecule has 3 amide bonds. The van der Waals surface area contributed by atoms with Gasteiger partial charge in [0.15, 0.2) is 5.82 Å². The molecule has 1 aromatic carbocycles. The predicted molar refractivity (Wildman–Crippen MR) is 159 cm³/mol. The maximum absolute atomic E-state index is 13.7. The van der Waals surface area contributed by atoms with E-state index in [1.165, 1.54) is 4.90 Å². The highest BCUT2D eigenvalue weighted by Gasteiger charge is 2.32. The molecule has 1 aliphatic heterocycles. The van der Waals surface area contributed by atoms with Crippen molar-refractivity contribution in [2.45, 2.75) is 72.1 Å². The summed E-state index contributed by atoms with van der Waals surface area (Å²) in [4.78, 5) is 64.2. The summed E-state index contributed by atoms with van der Waals surface area (Å²) in [5, 5.41) is 2.81. The average Bonchev–Trinajstić information content (AvgIpc) is 2.98. The number of hydrogen-bond donors (Lipinski definition) is 1. The molecule has 1 saturated heterocycles. The first-order valence-electron chi connectivity index (χ1n) is 14.7. The smallest absolute Gasteiger partial charge is 0.409 e. The summed E-state index contributed by atoms with van der Waals surface area (Å²) in [7, 11) is 0. The van der Waals surface area contributed by atoms with E-state index in [0.717, 1.165) is 5.56 Å². The van der Waals surface area contributed by atoms with E-state index < -0.39 is 35.7 Å². The van der Waals surface area contributed by atoms with Crippen molar-refractivity contribution in [1.82, 2.24) is 25.1 Å². The highest BCUT2D eigenvalue weighted by Crippen LogP contribution is 2.21. The monoisotopic (exact) mass is 597 g/mol. The Morgan fingerprint density at radius 1 is 0.953 bits per heavy atom. The standard InChI is InChI=1S/C31H43N5O7/c1-7-41-21(3)24-20-25(33-27(32-24)22-12-10-9-11-13-22)28(38)34-23(14-15-26(37)43-31(4,5)6)29(39)35-16-18-36(19-17-35)30(40)42-8-2/h9-13,20-21,23H,7-8,14-19H2,1-6H3,(H,34,38). The summed E-state index contributed by atoms with van der Waals surface area (Å²) in [5.41, 5.74) is 0.621. The molecule has 12 nitrogen and oxygen atoms in total. The highest BCUT2D eigenvalue weighted by atomic mass is 16.6. The lowest BCUT2D eigenvalue weighted by molar-refractivity contribution is -0.155. The highest BCUT2D eigenvalue weighted by molar-refractivity contribution is 5.96. The molecule has 0 aliphatic carbocycles. The van der Waals surface area contributed by atoms with Crippen LogP contribution in [0.25, 0.3) is 11.4 Å². The lowest BCUT2D eigenvalue weighted by atomic mass is 10.1. The van der Waals surface area contributed by atoms with E-state index >= 15 is 0 Å². The third-order valence-corrected chi connectivity index (χ3v) is 6.62. The van der Waals surface area contributed by atoms with Gasteiger partial charge < -0.3 is 29.3 Å². The maximum Gasteiger partial charge on any atom is 0.409 e. The number of aromatic nitrogens is 2. The second kappa shape index (κ2) is 15.4. The number of esters is 1. The third kappa shape index (κ3) is 10.0. The van der Waals surface area contributed by atoms with Gasteiger partial charge in [-0.05, 0) is 54.0 Å². The number of benzene rings is 1. The van der Waals surface area contributed by atoms with E-state index in [2.05, 4.69) is 15.3 Å². The molecule has 1 aliphatic rings. The van der Waals surface area contributed by atoms with Crippen molar-refractivity contribution in [3.05, 3.63) is 47.8 Å². The number of nitrogens with zero attached hydrogens (tertiary/aromatic N) is 4. The van der Waals surface area contributed by atoms with E-state index in [1.807, 2.05) is 44.2 Å². The Morgan fingerprint density at radius 2 is 1.60 bits per heavy atom. The number of hydrogen-bond acceptors (Lipinski definition) is 9. The average molecular weight is 598 g/mol. The normalized spacial score (nSPS) is 14.9. The van der Waals surface area contributed by atoms with E-state index in [0.29, 0.717) is 31.2 Å². The minimum atomic E-state index is -1.03. The SMILES string of the molecule is CCOC(=O)N1CCN(C(=O)C(CCC(=O)OC(C)(C)C)NC(=O)c2cc(C(C)OCC)nc(-c3ccccc3)n2)CC1. The second-order valence-corrected chi connectivity index (χ2v) is 11.1. The van der Waals surface area contributed by atoms with Crippen molar-refractivity contribution in [1.29, 1.82) is 0 Å². The van der Waals surface area contributed by atoms with Gasteiger partial charge in [-0.2, -0.15) is 0 Å². The summed E-state index contributed by atoms with van der Waals surface area (Å²) >= 11 is 0. The molecule has 0 radical (unpaired) electrons. The largest absolute Gasteiger partial charge is 0.460 e. The minimum Gasteiger partial charge on any atom is -0.460 e. The Labute approximate surface area is 253 Å². The van der Waals surface area contributed by atoms with Crippen molar-refractivity contribution in [3.63, 3.8) is 0 Å².